The van der Waals surface area contributed by atoms with E-state index in [9.17, 15) is 10.1 Å². The monoisotopic (exact) mass is 381 g/mol. The summed E-state index contributed by atoms with van der Waals surface area (Å²) in [5.74, 6) is 1.16. The van der Waals surface area contributed by atoms with E-state index in [1.807, 2.05) is 22.9 Å². The molecule has 7 nitrogen and oxygen atoms in total. The molecule has 1 amide bonds. The molecule has 1 saturated heterocycles. The van der Waals surface area contributed by atoms with Crippen LogP contribution in [0.15, 0.2) is 34.7 Å². The number of piperazine rings is 1. The van der Waals surface area contributed by atoms with Crippen molar-refractivity contribution in [3.8, 4) is 6.07 Å². The number of hydrogen-bond donors (Lipinski definition) is 0. The predicted molar refractivity (Wildman–Crippen MR) is 107 cm³/mol. The van der Waals surface area contributed by atoms with Crippen LogP contribution in [0.1, 0.15) is 23.6 Å². The Balaban J connectivity index is 1.41. The van der Waals surface area contributed by atoms with Gasteiger partial charge in [-0.3, -0.25) is 9.69 Å². The molecule has 0 spiro atoms. The van der Waals surface area contributed by atoms with Gasteiger partial charge >= 0.3 is 0 Å². The Hall–Kier alpha value is -2.85. The quantitative estimate of drug-likeness (QED) is 0.731. The zero-order valence-corrected chi connectivity index (χ0v) is 16.6. The van der Waals surface area contributed by atoms with Crippen molar-refractivity contribution in [3.05, 3.63) is 47.5 Å². The highest BCUT2D eigenvalue weighted by atomic mass is 16.4. The van der Waals surface area contributed by atoms with Gasteiger partial charge in [-0.25, -0.2) is 4.98 Å². The standard InChI is InChI=1S/C21H27N5O2/c1-17-23-19(15-22)21(28-17)26-13-11-25(12-14-26)20(27)16-24(2)10-6-9-18-7-4-3-5-8-18/h3-5,7-8H,6,9-14,16H2,1-2H3. The zero-order chi connectivity index (χ0) is 19.9. The van der Waals surface area contributed by atoms with Crippen molar-refractivity contribution in [3.63, 3.8) is 0 Å². The minimum absolute atomic E-state index is 0.149. The molecule has 1 aliphatic rings. The lowest BCUT2D eigenvalue weighted by atomic mass is 10.1. The van der Waals surface area contributed by atoms with Gasteiger partial charge < -0.3 is 14.2 Å². The summed E-state index contributed by atoms with van der Waals surface area (Å²) in [6.07, 6.45) is 2.05. The van der Waals surface area contributed by atoms with Crippen LogP contribution < -0.4 is 4.90 Å². The first-order valence-electron chi connectivity index (χ1n) is 9.69. The summed E-state index contributed by atoms with van der Waals surface area (Å²) >= 11 is 0. The molecule has 0 aliphatic carbocycles. The van der Waals surface area contributed by atoms with Crippen molar-refractivity contribution < 1.29 is 9.21 Å². The van der Waals surface area contributed by atoms with Gasteiger partial charge in [-0.15, -0.1) is 0 Å². The SMILES string of the molecule is Cc1nc(C#N)c(N2CCN(C(=O)CN(C)CCCc3ccccc3)CC2)o1. The fourth-order valence-corrected chi connectivity index (χ4v) is 3.47. The van der Waals surface area contributed by atoms with E-state index in [2.05, 4.69) is 40.2 Å². The summed E-state index contributed by atoms with van der Waals surface area (Å²) in [5, 5.41) is 9.18. The van der Waals surface area contributed by atoms with Crippen LogP contribution >= 0.6 is 0 Å². The zero-order valence-electron chi connectivity index (χ0n) is 16.6. The first-order chi connectivity index (χ1) is 13.6. The van der Waals surface area contributed by atoms with E-state index in [0.717, 1.165) is 19.4 Å². The molecule has 1 aromatic heterocycles. The van der Waals surface area contributed by atoms with Crippen LogP contribution in [-0.2, 0) is 11.2 Å². The summed E-state index contributed by atoms with van der Waals surface area (Å²) in [7, 11) is 2.00. The Morgan fingerprint density at radius 2 is 1.96 bits per heavy atom. The number of carbonyl (C=O) groups excluding carboxylic acids is 1. The van der Waals surface area contributed by atoms with Crippen molar-refractivity contribution in [2.75, 3.05) is 51.2 Å². The number of aromatic nitrogens is 1. The highest BCUT2D eigenvalue weighted by Gasteiger charge is 2.26. The molecule has 0 N–H and O–H groups in total. The van der Waals surface area contributed by atoms with Crippen LogP contribution in [0.4, 0.5) is 5.88 Å². The number of oxazole rings is 1. The summed E-state index contributed by atoms with van der Waals surface area (Å²) in [5.41, 5.74) is 1.65. The molecule has 1 aliphatic heterocycles. The van der Waals surface area contributed by atoms with Gasteiger partial charge in [0.15, 0.2) is 5.89 Å². The number of amides is 1. The maximum atomic E-state index is 12.6. The van der Waals surface area contributed by atoms with E-state index in [1.54, 1.807) is 6.92 Å². The summed E-state index contributed by atoms with van der Waals surface area (Å²) in [4.78, 5) is 22.7. The van der Waals surface area contributed by atoms with Gasteiger partial charge in [0.05, 0.1) is 6.54 Å². The summed E-state index contributed by atoms with van der Waals surface area (Å²) in [6, 6.07) is 12.5. The molecule has 0 bridgehead atoms. The molecule has 0 saturated carbocycles. The minimum Gasteiger partial charge on any atom is -0.424 e. The number of aryl methyl sites for hydroxylation is 2. The summed E-state index contributed by atoms with van der Waals surface area (Å²) in [6.45, 7) is 5.60. The van der Waals surface area contributed by atoms with E-state index >= 15 is 0 Å². The van der Waals surface area contributed by atoms with Crippen LogP contribution in [0.5, 0.6) is 0 Å². The van der Waals surface area contributed by atoms with Gasteiger partial charge in [-0.1, -0.05) is 30.3 Å². The molecule has 28 heavy (non-hydrogen) atoms. The van der Waals surface area contributed by atoms with Crippen molar-refractivity contribution in [2.24, 2.45) is 0 Å². The minimum atomic E-state index is 0.149. The van der Waals surface area contributed by atoms with Gasteiger partial charge in [0.1, 0.15) is 6.07 Å². The maximum absolute atomic E-state index is 12.6. The second kappa shape index (κ2) is 9.38. The van der Waals surface area contributed by atoms with Crippen molar-refractivity contribution in [2.45, 2.75) is 19.8 Å². The molecular weight excluding hydrogens is 354 g/mol. The lowest BCUT2D eigenvalue weighted by Gasteiger charge is -2.35. The van der Waals surface area contributed by atoms with Gasteiger partial charge in [0.25, 0.3) is 0 Å². The number of nitrogens with zero attached hydrogens (tertiary/aromatic N) is 5. The number of anilines is 1. The number of hydrogen-bond acceptors (Lipinski definition) is 6. The molecule has 1 fully saturated rings. The Bertz CT molecular complexity index is 819. The predicted octanol–water partition coefficient (Wildman–Crippen LogP) is 2.07. The molecule has 3 rings (SSSR count). The highest BCUT2D eigenvalue weighted by Crippen LogP contribution is 2.22. The van der Waals surface area contributed by atoms with Crippen molar-refractivity contribution in [1.82, 2.24) is 14.8 Å². The topological polar surface area (TPSA) is 76.6 Å². The second-order valence-corrected chi connectivity index (χ2v) is 7.19. The fraction of sp³-hybridized carbons (Fsp3) is 0.476. The lowest BCUT2D eigenvalue weighted by Crippen LogP contribution is -2.51. The van der Waals surface area contributed by atoms with Crippen LogP contribution in [0.3, 0.4) is 0 Å². The van der Waals surface area contributed by atoms with Crippen LogP contribution in [0, 0.1) is 18.3 Å². The molecule has 2 heterocycles. The number of likely N-dealkylation sites (N-methyl/N-ethyl adjacent to an activating group) is 1. The lowest BCUT2D eigenvalue weighted by molar-refractivity contribution is -0.132. The Labute approximate surface area is 166 Å². The van der Waals surface area contributed by atoms with E-state index in [0.29, 0.717) is 50.2 Å². The van der Waals surface area contributed by atoms with Crippen molar-refractivity contribution in [1.29, 1.82) is 5.26 Å². The maximum Gasteiger partial charge on any atom is 0.236 e. The molecular formula is C21H27N5O2. The highest BCUT2D eigenvalue weighted by molar-refractivity contribution is 5.78. The fourth-order valence-electron chi connectivity index (χ4n) is 3.47. The molecule has 0 unspecified atom stereocenters. The van der Waals surface area contributed by atoms with E-state index in [4.69, 9.17) is 4.42 Å². The van der Waals surface area contributed by atoms with E-state index < -0.39 is 0 Å². The third-order valence-corrected chi connectivity index (χ3v) is 4.99. The second-order valence-electron chi connectivity index (χ2n) is 7.19. The van der Waals surface area contributed by atoms with Gasteiger partial charge in [0.2, 0.25) is 17.5 Å². The first-order valence-corrected chi connectivity index (χ1v) is 9.69. The number of carbonyl (C=O) groups is 1. The Morgan fingerprint density at radius 1 is 1.25 bits per heavy atom. The van der Waals surface area contributed by atoms with Gasteiger partial charge in [0, 0.05) is 33.1 Å². The normalized spacial score (nSPS) is 14.4. The number of benzene rings is 1. The summed E-state index contributed by atoms with van der Waals surface area (Å²) < 4.78 is 5.57. The Kier molecular flexibility index (Phi) is 6.66. The third-order valence-electron chi connectivity index (χ3n) is 4.99. The van der Waals surface area contributed by atoms with Crippen LogP contribution in [-0.4, -0.2) is 67.0 Å². The molecule has 2 aromatic rings. The van der Waals surface area contributed by atoms with Crippen molar-refractivity contribution >= 4 is 11.8 Å². The van der Waals surface area contributed by atoms with Gasteiger partial charge in [-0.05, 0) is 32.0 Å². The third kappa shape index (κ3) is 5.11. The average molecular weight is 381 g/mol. The number of rotatable bonds is 7. The molecule has 148 valence electrons. The molecule has 7 heteroatoms. The molecule has 1 aromatic carbocycles. The number of nitriles is 1. The first kappa shape index (κ1) is 19.9. The van der Waals surface area contributed by atoms with Crippen LogP contribution in [0.2, 0.25) is 0 Å². The molecule has 0 atom stereocenters. The Morgan fingerprint density at radius 3 is 2.64 bits per heavy atom. The van der Waals surface area contributed by atoms with E-state index in [-0.39, 0.29) is 5.91 Å². The van der Waals surface area contributed by atoms with E-state index in [1.165, 1.54) is 5.56 Å². The van der Waals surface area contributed by atoms with Gasteiger partial charge in [-0.2, -0.15) is 5.26 Å². The smallest absolute Gasteiger partial charge is 0.236 e. The van der Waals surface area contributed by atoms with Crippen LogP contribution in [0.25, 0.3) is 0 Å². The molecule has 0 radical (unpaired) electrons. The largest absolute Gasteiger partial charge is 0.424 e. The average Bonchev–Trinajstić information content (AvgIpc) is 3.09.